The zero-order valence-corrected chi connectivity index (χ0v) is 67.6. The van der Waals surface area contributed by atoms with Crippen molar-refractivity contribution < 1.29 is 101 Å². The summed E-state index contributed by atoms with van der Waals surface area (Å²) in [5.41, 5.74) is 28.1. The summed E-state index contributed by atoms with van der Waals surface area (Å²) in [6, 6.07) is 119. The van der Waals surface area contributed by atoms with Crippen molar-refractivity contribution in [2.24, 2.45) is 0 Å². The van der Waals surface area contributed by atoms with Gasteiger partial charge in [0.2, 0.25) is 0 Å². The number of nitrogens with zero attached hydrogens (tertiary/aromatic N) is 5. The van der Waals surface area contributed by atoms with Crippen molar-refractivity contribution >= 4 is 0 Å². The van der Waals surface area contributed by atoms with Crippen LogP contribution in [0.15, 0.2) is 334 Å². The fraction of sp³-hybridized carbons (Fsp3) is 0.0556. The van der Waals surface area contributed by atoms with Crippen molar-refractivity contribution in [1.82, 2.24) is 24.9 Å². The Kier molecular flexibility index (Phi) is 33.4. The molecule has 0 atom stereocenters. The SMILES string of the molecule is Cc1ccc(-c2[c-]ccc(-c3ccccc3)c2)nc1.Cc1cccnc1-c1[c-]ccc(-c2ccccc2)c1.Cc1ccnc(-c2[c-]ccc(-c3ccccc3)c2)c1.Cc1ccnc(-c2[c-]ccc(-c3ccccc3)c2)c1C.[Ir].[Ir].[Ir].[Ir].[Ir].[c-]1cc(-c2ccccc2)ccc1-c1ccccn1. The Labute approximate surface area is 658 Å². The summed E-state index contributed by atoms with van der Waals surface area (Å²) >= 11 is 0. The molecule has 15 aromatic rings. The monoisotopic (exact) mass is 2190 g/mol. The summed E-state index contributed by atoms with van der Waals surface area (Å²) in [6.07, 6.45) is 9.21. The van der Waals surface area contributed by atoms with Gasteiger partial charge in [0.05, 0.1) is 0 Å². The van der Waals surface area contributed by atoms with E-state index in [1.165, 1.54) is 83.5 Å². The minimum absolute atomic E-state index is 0. The molecule has 0 bridgehead atoms. The summed E-state index contributed by atoms with van der Waals surface area (Å²) in [7, 11) is 0. The van der Waals surface area contributed by atoms with Crippen LogP contribution in [-0.2, 0) is 101 Å². The molecule has 100 heavy (non-hydrogen) atoms. The second-order valence-corrected chi connectivity index (χ2v) is 22.7. The van der Waals surface area contributed by atoms with Gasteiger partial charge >= 0.3 is 0 Å². The van der Waals surface area contributed by atoms with Gasteiger partial charge in [0.1, 0.15) is 0 Å². The Morgan fingerprint density at radius 1 is 0.230 bits per heavy atom. The first kappa shape index (κ1) is 80.2. The average Bonchev–Trinajstić information content (AvgIpc) is 0.862. The first-order valence-corrected chi connectivity index (χ1v) is 31.7. The van der Waals surface area contributed by atoms with Crippen molar-refractivity contribution in [3.63, 3.8) is 0 Å². The molecule has 0 saturated carbocycles. The van der Waals surface area contributed by atoms with Gasteiger partial charge in [-0.3, -0.25) is 0 Å². The smallest absolute Gasteiger partial charge is 0.0190 e. The number of hydrogen-bond donors (Lipinski definition) is 0. The van der Waals surface area contributed by atoms with Gasteiger partial charge in [-0.15, -0.1) is 171 Å². The third kappa shape index (κ3) is 22.9. The second-order valence-electron chi connectivity index (χ2n) is 22.7. The Morgan fingerprint density at radius 3 is 1.08 bits per heavy atom. The van der Waals surface area contributed by atoms with Crippen LogP contribution in [0.4, 0.5) is 0 Å². The molecule has 0 N–H and O–H groups in total. The summed E-state index contributed by atoms with van der Waals surface area (Å²) in [5, 5.41) is 0. The molecule has 5 aromatic heterocycles. The predicted octanol–water partition coefficient (Wildman–Crippen LogP) is 22.6. The van der Waals surface area contributed by atoms with E-state index in [2.05, 4.69) is 271 Å². The largest absolute Gasteiger partial charge is 0.305 e. The molecule has 0 amide bonds. The quantitative estimate of drug-likeness (QED) is 0.128. The maximum absolute atomic E-state index is 4.51. The molecule has 0 aliphatic heterocycles. The number of rotatable bonds is 10. The predicted molar refractivity (Wildman–Crippen MR) is 393 cm³/mol. The molecular formula is C90H70Ir5N5-5. The summed E-state index contributed by atoms with van der Waals surface area (Å²) in [5.74, 6) is 0. The summed E-state index contributed by atoms with van der Waals surface area (Å²) in [4.78, 5) is 22.2. The number of aryl methyl sites for hydroxylation is 4. The van der Waals surface area contributed by atoms with Gasteiger partial charge in [0, 0.05) is 132 Å². The van der Waals surface area contributed by atoms with Gasteiger partial charge in [-0.25, -0.2) is 0 Å². The van der Waals surface area contributed by atoms with Gasteiger partial charge < -0.3 is 24.9 Å². The van der Waals surface area contributed by atoms with E-state index in [1.54, 1.807) is 6.20 Å². The zero-order valence-electron chi connectivity index (χ0n) is 55.7. The number of hydrogen-bond acceptors (Lipinski definition) is 5. The van der Waals surface area contributed by atoms with Crippen LogP contribution >= 0.6 is 0 Å². The van der Waals surface area contributed by atoms with E-state index in [9.17, 15) is 0 Å². The molecule has 0 unspecified atom stereocenters. The Balaban J connectivity index is 0.000000195. The summed E-state index contributed by atoms with van der Waals surface area (Å²) < 4.78 is 0. The molecule has 5 heterocycles. The fourth-order valence-corrected chi connectivity index (χ4v) is 10.6. The van der Waals surface area contributed by atoms with Crippen LogP contribution < -0.4 is 0 Å². The Hall–Kier alpha value is -8.80. The molecule has 0 aliphatic rings. The fourth-order valence-electron chi connectivity index (χ4n) is 10.6. The minimum Gasteiger partial charge on any atom is -0.305 e. The Morgan fingerprint density at radius 2 is 0.640 bits per heavy atom. The van der Waals surface area contributed by atoms with Gasteiger partial charge in [0.25, 0.3) is 0 Å². The van der Waals surface area contributed by atoms with Crippen LogP contribution in [0.3, 0.4) is 0 Å². The molecule has 5 radical (unpaired) electrons. The number of aromatic nitrogens is 5. The normalized spacial score (nSPS) is 9.85. The zero-order chi connectivity index (χ0) is 65.4. The van der Waals surface area contributed by atoms with Crippen molar-refractivity contribution in [2.45, 2.75) is 34.6 Å². The van der Waals surface area contributed by atoms with E-state index in [0.29, 0.717) is 0 Å². The van der Waals surface area contributed by atoms with Crippen LogP contribution in [0.1, 0.15) is 27.8 Å². The van der Waals surface area contributed by atoms with Gasteiger partial charge in [-0.1, -0.05) is 221 Å². The van der Waals surface area contributed by atoms with Crippen molar-refractivity contribution in [3.05, 3.63) is 392 Å². The van der Waals surface area contributed by atoms with Gasteiger partial charge in [-0.2, -0.15) is 0 Å². The summed E-state index contributed by atoms with van der Waals surface area (Å²) in [6.45, 7) is 10.4. The van der Waals surface area contributed by atoms with Crippen LogP contribution in [0.2, 0.25) is 0 Å². The third-order valence-electron chi connectivity index (χ3n) is 15.9. The molecule has 0 saturated heterocycles. The minimum atomic E-state index is 0. The molecule has 0 aliphatic carbocycles. The standard InChI is InChI=1S/C19H16N.3C18H14N.C17H12N.5Ir/c1-14-11-12-20-19(15(14)2)18-10-6-9-17(13-18)16-7-4-3-5-8-16;1-14-7-6-12-19-18(14)17-11-5-10-16(13-17)15-8-3-2-4-9-15;1-14-10-11-18(19-13-14)17-9-5-8-16(12-17)15-6-3-2-4-7-15;1-14-10-11-19-18(12-14)17-9-5-8-16(13-17)15-6-3-2-4-7-15;1-2-6-14(7-3-1)15-9-11-16(12-10-15)17-8-4-5-13-18-17;;;;;/h3-9,11-13H,1-2H3;2-10,12-13H,1H3;2*2-8,10-13H,1H3;1-11,13H;;;;;/q5*-1;;;;;. The Bertz CT molecular complexity index is 4800. The molecule has 505 valence electrons. The van der Waals surface area contributed by atoms with Crippen LogP contribution in [0.25, 0.3) is 112 Å². The van der Waals surface area contributed by atoms with Gasteiger partial charge in [0.15, 0.2) is 0 Å². The molecule has 15 rings (SSSR count). The number of pyridine rings is 5. The first-order chi connectivity index (χ1) is 46.7. The van der Waals surface area contributed by atoms with Crippen LogP contribution in [0.5, 0.6) is 0 Å². The molecule has 10 aromatic carbocycles. The van der Waals surface area contributed by atoms with E-state index in [0.717, 1.165) is 56.3 Å². The second kappa shape index (κ2) is 41.7. The molecular weight excluding hydrogens is 2110 g/mol. The van der Waals surface area contributed by atoms with E-state index < -0.39 is 0 Å². The van der Waals surface area contributed by atoms with E-state index in [1.807, 2.05) is 147 Å². The topological polar surface area (TPSA) is 64.5 Å². The average molecular weight is 2180 g/mol. The number of benzene rings is 10. The van der Waals surface area contributed by atoms with E-state index in [-0.39, 0.29) is 101 Å². The maximum atomic E-state index is 4.51. The maximum Gasteiger partial charge on any atom is 0.0190 e. The molecule has 0 spiro atoms. The molecule has 10 heteroatoms. The van der Waals surface area contributed by atoms with E-state index in [4.69, 9.17) is 0 Å². The third-order valence-corrected chi connectivity index (χ3v) is 15.9. The molecule has 5 nitrogen and oxygen atoms in total. The van der Waals surface area contributed by atoms with Crippen molar-refractivity contribution in [1.29, 1.82) is 0 Å². The van der Waals surface area contributed by atoms with Crippen molar-refractivity contribution in [2.75, 3.05) is 0 Å². The van der Waals surface area contributed by atoms with Crippen LogP contribution in [-0.4, -0.2) is 24.9 Å². The first-order valence-electron chi connectivity index (χ1n) is 31.7. The van der Waals surface area contributed by atoms with Crippen LogP contribution in [0, 0.1) is 65.0 Å². The molecule has 0 fully saturated rings. The van der Waals surface area contributed by atoms with E-state index >= 15 is 0 Å². The van der Waals surface area contributed by atoms with Gasteiger partial charge in [-0.05, 0) is 115 Å². The van der Waals surface area contributed by atoms with Crippen molar-refractivity contribution in [3.8, 4) is 112 Å².